The fourth-order valence-electron chi connectivity index (χ4n) is 0.724. The second-order valence-corrected chi connectivity index (χ2v) is 4.85. The highest BCUT2D eigenvalue weighted by molar-refractivity contribution is 7.90. The Balaban J connectivity index is 2.97. The van der Waals surface area contributed by atoms with Crippen LogP contribution in [0.5, 0.6) is 0 Å². The van der Waals surface area contributed by atoms with Crippen LogP contribution in [0.4, 0.5) is 0 Å². The third-order valence-corrected chi connectivity index (χ3v) is 3.14. The van der Waals surface area contributed by atoms with Crippen LogP contribution in [0.3, 0.4) is 0 Å². The van der Waals surface area contributed by atoms with Crippen molar-refractivity contribution >= 4 is 9.84 Å². The molecule has 0 saturated carbocycles. The number of nitrogens with one attached hydrogen (secondary N) is 1. The van der Waals surface area contributed by atoms with E-state index in [0.29, 0.717) is 5.69 Å². The summed E-state index contributed by atoms with van der Waals surface area (Å²) in [5.74, 6) is 0. The van der Waals surface area contributed by atoms with Crippen LogP contribution in [-0.2, 0) is 9.84 Å². The van der Waals surface area contributed by atoms with Crippen molar-refractivity contribution in [1.29, 1.82) is 0 Å². The molecule has 1 aromatic heterocycles. The smallest absolute Gasteiger partial charge is 0.155 e. The first kappa shape index (κ1) is 8.26. The van der Waals surface area contributed by atoms with Crippen LogP contribution in [0, 0.1) is 0 Å². The van der Waals surface area contributed by atoms with Gasteiger partial charge in [0, 0.05) is 12.5 Å². The molecule has 0 radical (unpaired) electrons. The molecule has 5 heteroatoms. The molecule has 0 amide bonds. The Morgan fingerprint density at radius 3 is 2.64 bits per heavy atom. The number of hydrogen-bond acceptors (Lipinski definition) is 3. The predicted molar refractivity (Wildman–Crippen MR) is 41.8 cm³/mol. The van der Waals surface area contributed by atoms with E-state index in [0.717, 1.165) is 0 Å². The molecule has 0 fully saturated rings. The lowest BCUT2D eigenvalue weighted by Crippen LogP contribution is -2.07. The highest BCUT2D eigenvalue weighted by Crippen LogP contribution is 2.17. The van der Waals surface area contributed by atoms with Crippen molar-refractivity contribution in [1.82, 2.24) is 10.2 Å². The fourth-order valence-corrected chi connectivity index (χ4v) is 1.32. The molecule has 4 nitrogen and oxygen atoms in total. The standard InChI is InChI=1S/C6H10N2O2S/c1-5(11(2,9)10)6-3-4-7-8-6/h3-5H,1-2H3,(H,7,8). The van der Waals surface area contributed by atoms with Gasteiger partial charge in [-0.2, -0.15) is 5.10 Å². The number of sulfone groups is 1. The highest BCUT2D eigenvalue weighted by Gasteiger charge is 2.17. The zero-order valence-electron chi connectivity index (χ0n) is 6.40. The van der Waals surface area contributed by atoms with Crippen molar-refractivity contribution in [3.8, 4) is 0 Å². The van der Waals surface area contributed by atoms with Gasteiger partial charge in [0.2, 0.25) is 0 Å². The van der Waals surface area contributed by atoms with E-state index in [1.54, 1.807) is 13.0 Å². The van der Waals surface area contributed by atoms with Gasteiger partial charge >= 0.3 is 0 Å². The van der Waals surface area contributed by atoms with Gasteiger partial charge in [0.25, 0.3) is 0 Å². The average Bonchev–Trinajstić information content (AvgIpc) is 2.34. The van der Waals surface area contributed by atoms with Gasteiger partial charge < -0.3 is 0 Å². The van der Waals surface area contributed by atoms with E-state index < -0.39 is 15.1 Å². The van der Waals surface area contributed by atoms with E-state index in [1.165, 1.54) is 12.5 Å². The normalized spacial score (nSPS) is 14.7. The van der Waals surface area contributed by atoms with Crippen molar-refractivity contribution in [3.05, 3.63) is 18.0 Å². The van der Waals surface area contributed by atoms with Crippen molar-refractivity contribution < 1.29 is 8.42 Å². The molecule has 62 valence electrons. The van der Waals surface area contributed by atoms with Gasteiger partial charge in [0.15, 0.2) is 9.84 Å². The maximum Gasteiger partial charge on any atom is 0.155 e. The Labute approximate surface area is 65.5 Å². The second kappa shape index (κ2) is 2.65. The van der Waals surface area contributed by atoms with Crippen LogP contribution in [0.25, 0.3) is 0 Å². The molecule has 0 aromatic carbocycles. The number of hydrogen-bond donors (Lipinski definition) is 1. The third-order valence-electron chi connectivity index (χ3n) is 1.60. The van der Waals surface area contributed by atoms with E-state index in [1.807, 2.05) is 0 Å². The zero-order valence-corrected chi connectivity index (χ0v) is 7.22. The van der Waals surface area contributed by atoms with Crippen molar-refractivity contribution in [2.45, 2.75) is 12.2 Å². The molecule has 1 atom stereocenters. The largest absolute Gasteiger partial charge is 0.281 e. The Hall–Kier alpha value is -0.840. The quantitative estimate of drug-likeness (QED) is 0.710. The first-order valence-corrected chi connectivity index (χ1v) is 5.15. The summed E-state index contributed by atoms with van der Waals surface area (Å²) in [5, 5.41) is 5.79. The number of aromatic amines is 1. The third kappa shape index (κ3) is 1.80. The molecule has 1 rings (SSSR count). The van der Waals surface area contributed by atoms with E-state index in [9.17, 15) is 8.42 Å². The summed E-state index contributed by atoms with van der Waals surface area (Å²) < 4.78 is 22.0. The number of H-pyrrole nitrogens is 1. The minimum absolute atomic E-state index is 0.495. The monoisotopic (exact) mass is 174 g/mol. The summed E-state index contributed by atoms with van der Waals surface area (Å²) in [7, 11) is -3.00. The van der Waals surface area contributed by atoms with Crippen LogP contribution in [-0.4, -0.2) is 24.9 Å². The summed E-state index contributed by atoms with van der Waals surface area (Å²) in [4.78, 5) is 0. The van der Waals surface area contributed by atoms with Crippen molar-refractivity contribution in [2.75, 3.05) is 6.26 Å². The van der Waals surface area contributed by atoms with E-state index >= 15 is 0 Å². The maximum atomic E-state index is 11.0. The Morgan fingerprint density at radius 1 is 1.64 bits per heavy atom. The molecule has 1 heterocycles. The maximum absolute atomic E-state index is 11.0. The summed E-state index contributed by atoms with van der Waals surface area (Å²) >= 11 is 0. The minimum atomic E-state index is -3.00. The van der Waals surface area contributed by atoms with Crippen LogP contribution in [0.1, 0.15) is 17.9 Å². The number of nitrogens with zero attached hydrogens (tertiary/aromatic N) is 1. The molecule has 0 saturated heterocycles. The summed E-state index contributed by atoms with van der Waals surface area (Å²) in [5.41, 5.74) is 0.632. The number of rotatable bonds is 2. The zero-order chi connectivity index (χ0) is 8.48. The van der Waals surface area contributed by atoms with Gasteiger partial charge in [0.1, 0.15) is 0 Å². The second-order valence-electron chi connectivity index (χ2n) is 2.48. The van der Waals surface area contributed by atoms with Gasteiger partial charge in [-0.25, -0.2) is 8.42 Å². The van der Waals surface area contributed by atoms with Crippen molar-refractivity contribution in [3.63, 3.8) is 0 Å². The lowest BCUT2D eigenvalue weighted by atomic mass is 10.3. The van der Waals surface area contributed by atoms with Gasteiger partial charge in [0.05, 0.1) is 10.9 Å². The van der Waals surface area contributed by atoms with Gasteiger partial charge in [-0.15, -0.1) is 0 Å². The molecular weight excluding hydrogens is 164 g/mol. The molecular formula is C6H10N2O2S. The van der Waals surface area contributed by atoms with E-state index in [-0.39, 0.29) is 0 Å². The van der Waals surface area contributed by atoms with Crippen LogP contribution >= 0.6 is 0 Å². The Bertz CT molecular complexity index is 314. The lowest BCUT2D eigenvalue weighted by molar-refractivity contribution is 0.591. The summed E-state index contributed by atoms with van der Waals surface area (Å²) in [6.07, 6.45) is 2.75. The average molecular weight is 174 g/mol. The lowest BCUT2D eigenvalue weighted by Gasteiger charge is -2.04. The Kier molecular flexibility index (Phi) is 1.99. The molecule has 0 spiro atoms. The van der Waals surface area contributed by atoms with Crippen LogP contribution in [0.15, 0.2) is 12.3 Å². The SMILES string of the molecule is CC(c1ccn[nH]1)S(C)(=O)=O. The molecule has 11 heavy (non-hydrogen) atoms. The first-order valence-electron chi connectivity index (χ1n) is 3.20. The van der Waals surface area contributed by atoms with Crippen molar-refractivity contribution in [2.24, 2.45) is 0 Å². The Morgan fingerprint density at radius 2 is 2.27 bits per heavy atom. The molecule has 1 N–H and O–H groups in total. The van der Waals surface area contributed by atoms with Gasteiger partial charge in [-0.3, -0.25) is 5.10 Å². The van der Waals surface area contributed by atoms with Crippen LogP contribution < -0.4 is 0 Å². The topological polar surface area (TPSA) is 62.8 Å². The highest BCUT2D eigenvalue weighted by atomic mass is 32.2. The van der Waals surface area contributed by atoms with Crippen LogP contribution in [0.2, 0.25) is 0 Å². The molecule has 0 aliphatic heterocycles. The van der Waals surface area contributed by atoms with Gasteiger partial charge in [-0.05, 0) is 13.0 Å². The first-order chi connectivity index (χ1) is 5.02. The molecule has 0 aliphatic carbocycles. The molecule has 0 bridgehead atoms. The van der Waals surface area contributed by atoms with Gasteiger partial charge in [-0.1, -0.05) is 0 Å². The fraction of sp³-hybridized carbons (Fsp3) is 0.500. The molecule has 1 aromatic rings. The van der Waals surface area contributed by atoms with E-state index in [4.69, 9.17) is 0 Å². The summed E-state index contributed by atoms with van der Waals surface area (Å²) in [6, 6.07) is 1.66. The number of aromatic nitrogens is 2. The minimum Gasteiger partial charge on any atom is -0.281 e. The molecule has 1 unspecified atom stereocenters. The summed E-state index contributed by atoms with van der Waals surface area (Å²) in [6.45, 7) is 1.63. The molecule has 0 aliphatic rings. The predicted octanol–water partition coefficient (Wildman–Crippen LogP) is 0.515. The van der Waals surface area contributed by atoms with E-state index in [2.05, 4.69) is 10.2 Å².